The molecule has 2 aromatic rings. The fourth-order valence-corrected chi connectivity index (χ4v) is 5.83. The van der Waals surface area contributed by atoms with Crippen LogP contribution >= 0.6 is 11.3 Å². The molecule has 7 nitrogen and oxygen atoms in total. The van der Waals surface area contributed by atoms with E-state index in [0.717, 1.165) is 11.4 Å². The van der Waals surface area contributed by atoms with Crippen LogP contribution in [0.15, 0.2) is 45.6 Å². The van der Waals surface area contributed by atoms with Gasteiger partial charge >= 0.3 is 0 Å². The Morgan fingerprint density at radius 2 is 1.93 bits per heavy atom. The van der Waals surface area contributed by atoms with Crippen molar-refractivity contribution in [2.45, 2.75) is 31.1 Å². The van der Waals surface area contributed by atoms with E-state index in [1.807, 2.05) is 25.1 Å². The monoisotopic (exact) mass is 436 g/mol. The molecule has 0 saturated carbocycles. The number of nitrogens with zero attached hydrogens (tertiary/aromatic N) is 2. The minimum atomic E-state index is -3.44. The molecule has 9 heteroatoms. The number of guanidine groups is 1. The highest BCUT2D eigenvalue weighted by molar-refractivity contribution is 7.91. The summed E-state index contributed by atoms with van der Waals surface area (Å²) < 4.78 is 32.6. The van der Waals surface area contributed by atoms with Crippen molar-refractivity contribution in [3.63, 3.8) is 0 Å². The topological polar surface area (TPSA) is 83.0 Å². The second-order valence-electron chi connectivity index (χ2n) is 6.71. The van der Waals surface area contributed by atoms with Crippen molar-refractivity contribution in [3.05, 3.63) is 52.4 Å². The minimum Gasteiger partial charge on any atom is -0.379 e. The molecular weight excluding hydrogens is 408 g/mol. The Hall–Kier alpha value is -1.94. The van der Waals surface area contributed by atoms with Gasteiger partial charge in [0, 0.05) is 24.5 Å². The molecule has 1 aliphatic heterocycles. The van der Waals surface area contributed by atoms with Gasteiger partial charge in [0.1, 0.15) is 4.21 Å². The molecule has 1 saturated heterocycles. The van der Waals surface area contributed by atoms with Crippen LogP contribution < -0.4 is 10.6 Å². The zero-order valence-corrected chi connectivity index (χ0v) is 18.5. The van der Waals surface area contributed by atoms with Crippen LogP contribution in [0.1, 0.15) is 22.9 Å². The van der Waals surface area contributed by atoms with E-state index in [1.165, 1.54) is 26.8 Å². The van der Waals surface area contributed by atoms with Crippen molar-refractivity contribution in [1.82, 2.24) is 14.9 Å². The lowest BCUT2D eigenvalue weighted by Crippen LogP contribution is -2.40. The Morgan fingerprint density at radius 3 is 2.66 bits per heavy atom. The van der Waals surface area contributed by atoms with Crippen LogP contribution in [-0.4, -0.2) is 51.5 Å². The Morgan fingerprint density at radius 1 is 1.17 bits per heavy atom. The summed E-state index contributed by atoms with van der Waals surface area (Å²) in [7, 11) is -3.44. The van der Waals surface area contributed by atoms with E-state index in [0.29, 0.717) is 49.6 Å². The molecule has 1 aromatic carbocycles. The first-order valence-corrected chi connectivity index (χ1v) is 12.0. The molecule has 1 fully saturated rings. The van der Waals surface area contributed by atoms with E-state index >= 15 is 0 Å². The van der Waals surface area contributed by atoms with Crippen molar-refractivity contribution in [2.75, 3.05) is 32.8 Å². The number of benzene rings is 1. The van der Waals surface area contributed by atoms with Gasteiger partial charge in [-0.2, -0.15) is 4.31 Å². The molecule has 29 heavy (non-hydrogen) atoms. The molecule has 1 aliphatic rings. The molecule has 0 atom stereocenters. The maximum absolute atomic E-state index is 12.8. The Bertz CT molecular complexity index is 935. The molecule has 158 valence electrons. The fourth-order valence-electron chi connectivity index (χ4n) is 2.97. The first-order chi connectivity index (χ1) is 14.0. The van der Waals surface area contributed by atoms with Gasteiger partial charge in [0.2, 0.25) is 0 Å². The van der Waals surface area contributed by atoms with E-state index < -0.39 is 10.0 Å². The highest BCUT2D eigenvalue weighted by Crippen LogP contribution is 2.25. The van der Waals surface area contributed by atoms with Crippen LogP contribution in [0, 0.1) is 6.92 Å². The van der Waals surface area contributed by atoms with Gasteiger partial charge in [-0.1, -0.05) is 24.3 Å². The molecule has 0 bridgehead atoms. The number of aliphatic imine (C=N–C) groups is 1. The molecule has 0 radical (unpaired) electrons. The lowest BCUT2D eigenvalue weighted by atomic mass is 10.1. The summed E-state index contributed by atoms with van der Waals surface area (Å²) in [5, 5.41) is 6.53. The maximum atomic E-state index is 12.8. The van der Waals surface area contributed by atoms with Gasteiger partial charge in [0.15, 0.2) is 5.96 Å². The molecule has 0 aliphatic carbocycles. The van der Waals surface area contributed by atoms with Gasteiger partial charge in [0.25, 0.3) is 10.0 Å². The summed E-state index contributed by atoms with van der Waals surface area (Å²) in [6.07, 6.45) is 0. The summed E-state index contributed by atoms with van der Waals surface area (Å²) in [5.41, 5.74) is 2.39. The van der Waals surface area contributed by atoms with E-state index in [2.05, 4.69) is 34.7 Å². The number of hydrogen-bond acceptors (Lipinski definition) is 5. The lowest BCUT2D eigenvalue weighted by Gasteiger charge is -2.25. The molecule has 0 spiro atoms. The van der Waals surface area contributed by atoms with Crippen molar-refractivity contribution >= 4 is 27.3 Å². The van der Waals surface area contributed by atoms with Gasteiger partial charge in [-0.3, -0.25) is 0 Å². The summed E-state index contributed by atoms with van der Waals surface area (Å²) in [6.45, 7) is 7.65. The van der Waals surface area contributed by atoms with Crippen LogP contribution in [0.25, 0.3) is 0 Å². The van der Waals surface area contributed by atoms with E-state index in [1.54, 1.807) is 6.07 Å². The Kier molecular flexibility index (Phi) is 7.65. The quantitative estimate of drug-likeness (QED) is 0.514. The van der Waals surface area contributed by atoms with Crippen LogP contribution in [0.3, 0.4) is 0 Å². The number of hydrogen-bond donors (Lipinski definition) is 2. The average Bonchev–Trinajstić information content (AvgIpc) is 3.22. The highest BCUT2D eigenvalue weighted by atomic mass is 32.2. The molecule has 0 unspecified atom stereocenters. The van der Waals surface area contributed by atoms with Crippen molar-refractivity contribution in [3.8, 4) is 0 Å². The SMILES string of the molecule is CCNC(=NCc1ccccc1C)NCc1ccc(S(=O)(=O)N2CCOCC2)s1. The van der Waals surface area contributed by atoms with Gasteiger partial charge in [-0.25, -0.2) is 13.4 Å². The fraction of sp³-hybridized carbons (Fsp3) is 0.450. The van der Waals surface area contributed by atoms with Gasteiger partial charge in [0.05, 0.1) is 26.3 Å². The van der Waals surface area contributed by atoms with Crippen LogP contribution in [0.4, 0.5) is 0 Å². The highest BCUT2D eigenvalue weighted by Gasteiger charge is 2.27. The molecule has 1 aromatic heterocycles. The zero-order valence-electron chi connectivity index (χ0n) is 16.8. The molecular formula is C20H28N4O3S2. The Balaban J connectivity index is 1.63. The maximum Gasteiger partial charge on any atom is 0.252 e. The molecule has 2 N–H and O–H groups in total. The van der Waals surface area contributed by atoms with E-state index in [4.69, 9.17) is 4.74 Å². The lowest BCUT2D eigenvalue weighted by molar-refractivity contribution is 0.0731. The largest absolute Gasteiger partial charge is 0.379 e. The summed E-state index contributed by atoms with van der Waals surface area (Å²) in [6, 6.07) is 11.7. The third-order valence-electron chi connectivity index (χ3n) is 4.64. The molecule has 3 rings (SSSR count). The van der Waals surface area contributed by atoms with E-state index in [-0.39, 0.29) is 0 Å². The normalized spacial score (nSPS) is 16.0. The first kappa shape index (κ1) is 21.8. The number of morpholine rings is 1. The van der Waals surface area contributed by atoms with Gasteiger partial charge in [-0.15, -0.1) is 11.3 Å². The van der Waals surface area contributed by atoms with Gasteiger partial charge in [-0.05, 0) is 37.1 Å². The summed E-state index contributed by atoms with van der Waals surface area (Å²) in [4.78, 5) is 5.59. The van der Waals surface area contributed by atoms with Crippen LogP contribution in [0.2, 0.25) is 0 Å². The predicted octanol–water partition coefficient (Wildman–Crippen LogP) is 2.33. The van der Waals surface area contributed by atoms with Crippen LogP contribution in [0.5, 0.6) is 0 Å². The second-order valence-corrected chi connectivity index (χ2v) is 10.0. The number of thiophene rings is 1. The average molecular weight is 437 g/mol. The molecule has 2 heterocycles. The Labute approximate surface area is 176 Å². The summed E-state index contributed by atoms with van der Waals surface area (Å²) >= 11 is 1.29. The third-order valence-corrected chi connectivity index (χ3v) is 8.10. The van der Waals surface area contributed by atoms with Gasteiger partial charge < -0.3 is 15.4 Å². The number of nitrogens with one attached hydrogen (secondary N) is 2. The number of rotatable bonds is 7. The minimum absolute atomic E-state index is 0.373. The second kappa shape index (κ2) is 10.2. The smallest absolute Gasteiger partial charge is 0.252 e. The summed E-state index contributed by atoms with van der Waals surface area (Å²) in [5.74, 6) is 0.710. The number of ether oxygens (including phenoxy) is 1. The first-order valence-electron chi connectivity index (χ1n) is 9.74. The predicted molar refractivity (Wildman–Crippen MR) is 117 cm³/mol. The number of aryl methyl sites for hydroxylation is 1. The number of sulfonamides is 1. The van der Waals surface area contributed by atoms with Crippen molar-refractivity contribution < 1.29 is 13.2 Å². The van der Waals surface area contributed by atoms with E-state index in [9.17, 15) is 8.42 Å². The van der Waals surface area contributed by atoms with Crippen molar-refractivity contribution in [2.24, 2.45) is 4.99 Å². The third kappa shape index (κ3) is 5.79. The standard InChI is InChI=1S/C20H28N4O3S2/c1-3-21-20(22-14-17-7-5-4-6-16(17)2)23-15-18-8-9-19(28-18)29(25,26)24-10-12-27-13-11-24/h4-9H,3,10-15H2,1-2H3,(H2,21,22,23). The van der Waals surface area contributed by atoms with Crippen LogP contribution in [-0.2, 0) is 27.8 Å². The molecule has 0 amide bonds. The zero-order chi connectivity index (χ0) is 20.7. The van der Waals surface area contributed by atoms with Crippen molar-refractivity contribution in [1.29, 1.82) is 0 Å².